The molecule has 0 unspecified atom stereocenters. The van der Waals surface area contributed by atoms with Gasteiger partial charge in [0.2, 0.25) is 0 Å². The molecule has 7 heteroatoms. The van der Waals surface area contributed by atoms with Crippen molar-refractivity contribution in [2.24, 2.45) is 4.99 Å². The number of sulfonamides is 1. The number of imidazole rings is 1. The van der Waals surface area contributed by atoms with Gasteiger partial charge in [-0.1, -0.05) is 12.1 Å². The third-order valence-corrected chi connectivity index (χ3v) is 4.23. The Morgan fingerprint density at radius 3 is 2.89 bits per heavy atom. The Morgan fingerprint density at radius 2 is 2.11 bits per heavy atom. The van der Waals surface area contributed by atoms with E-state index in [4.69, 9.17) is 0 Å². The number of rotatable bonds is 3. The van der Waals surface area contributed by atoms with Gasteiger partial charge in [0.15, 0.2) is 0 Å². The number of aromatic nitrogens is 2. The molecular formula is C12H12N4O2S. The number of aromatic amines is 1. The van der Waals surface area contributed by atoms with Crippen molar-refractivity contribution in [3.05, 3.63) is 48.0 Å². The molecule has 98 valence electrons. The van der Waals surface area contributed by atoms with E-state index >= 15 is 0 Å². The quantitative estimate of drug-likeness (QED) is 0.864. The van der Waals surface area contributed by atoms with E-state index in [0.29, 0.717) is 24.4 Å². The van der Waals surface area contributed by atoms with Crippen LogP contribution in [0.3, 0.4) is 0 Å². The highest BCUT2D eigenvalue weighted by atomic mass is 32.2. The summed E-state index contributed by atoms with van der Waals surface area (Å²) in [7, 11) is -3.44. The number of nitrogens with zero attached hydrogens (tertiary/aromatic N) is 2. The Balaban J connectivity index is 1.83. The van der Waals surface area contributed by atoms with Crippen molar-refractivity contribution in [3.63, 3.8) is 0 Å². The van der Waals surface area contributed by atoms with Crippen molar-refractivity contribution in [2.45, 2.75) is 11.3 Å². The summed E-state index contributed by atoms with van der Waals surface area (Å²) in [6.07, 6.45) is 4.06. The first kappa shape index (κ1) is 11.9. The predicted molar refractivity (Wildman–Crippen MR) is 70.5 cm³/mol. The van der Waals surface area contributed by atoms with Gasteiger partial charge in [-0.2, -0.15) is 0 Å². The number of H-pyrrole nitrogens is 1. The van der Waals surface area contributed by atoms with Crippen LogP contribution >= 0.6 is 0 Å². The molecule has 2 N–H and O–H groups in total. The molecule has 2 aromatic rings. The number of benzene rings is 1. The maximum atomic E-state index is 11.8. The highest BCUT2D eigenvalue weighted by Crippen LogP contribution is 2.21. The van der Waals surface area contributed by atoms with E-state index in [2.05, 4.69) is 19.7 Å². The van der Waals surface area contributed by atoms with Gasteiger partial charge < -0.3 is 4.98 Å². The SMILES string of the molecule is O=S1(=O)NC(=NCCc2ncc[nH]2)c2ccccc21. The third kappa shape index (κ3) is 2.24. The molecule has 0 aliphatic carbocycles. The fraction of sp³-hybridized carbons (Fsp3) is 0.167. The Hall–Kier alpha value is -2.15. The maximum Gasteiger partial charge on any atom is 0.263 e. The zero-order valence-corrected chi connectivity index (χ0v) is 10.8. The number of amidine groups is 1. The van der Waals surface area contributed by atoms with Crippen LogP contribution in [-0.4, -0.2) is 30.8 Å². The summed E-state index contributed by atoms with van der Waals surface area (Å²) in [4.78, 5) is 11.7. The van der Waals surface area contributed by atoms with E-state index in [0.717, 1.165) is 5.82 Å². The lowest BCUT2D eigenvalue weighted by atomic mass is 10.2. The molecule has 0 bridgehead atoms. The van der Waals surface area contributed by atoms with E-state index in [1.807, 2.05) is 0 Å². The van der Waals surface area contributed by atoms with Crippen LogP contribution in [0.5, 0.6) is 0 Å². The second-order valence-corrected chi connectivity index (χ2v) is 5.77. The zero-order chi connectivity index (χ0) is 13.3. The van der Waals surface area contributed by atoms with Crippen molar-refractivity contribution in [2.75, 3.05) is 6.54 Å². The van der Waals surface area contributed by atoms with Gasteiger partial charge in [0.1, 0.15) is 11.7 Å². The lowest BCUT2D eigenvalue weighted by molar-refractivity contribution is 0.595. The van der Waals surface area contributed by atoms with Gasteiger partial charge in [-0.25, -0.2) is 13.4 Å². The topological polar surface area (TPSA) is 87.2 Å². The fourth-order valence-electron chi connectivity index (χ4n) is 1.96. The molecule has 1 aliphatic rings. The number of hydrogen-bond donors (Lipinski definition) is 2. The molecular weight excluding hydrogens is 264 g/mol. The maximum absolute atomic E-state index is 11.8. The van der Waals surface area contributed by atoms with Gasteiger partial charge in [0.05, 0.1) is 4.90 Å². The fourth-order valence-corrected chi connectivity index (χ4v) is 3.21. The lowest BCUT2D eigenvalue weighted by Crippen LogP contribution is -2.22. The highest BCUT2D eigenvalue weighted by molar-refractivity contribution is 7.90. The van der Waals surface area contributed by atoms with Crippen molar-refractivity contribution >= 4 is 15.9 Å². The first-order valence-corrected chi connectivity index (χ1v) is 7.30. The lowest BCUT2D eigenvalue weighted by Gasteiger charge is -1.98. The molecule has 0 radical (unpaired) electrons. The molecule has 19 heavy (non-hydrogen) atoms. The summed E-state index contributed by atoms with van der Waals surface area (Å²) in [6.45, 7) is 0.472. The van der Waals surface area contributed by atoms with Gasteiger partial charge >= 0.3 is 0 Å². The zero-order valence-electron chi connectivity index (χ0n) is 10.00. The van der Waals surface area contributed by atoms with E-state index in [1.54, 1.807) is 36.7 Å². The highest BCUT2D eigenvalue weighted by Gasteiger charge is 2.29. The molecule has 0 spiro atoms. The van der Waals surface area contributed by atoms with Crippen LogP contribution in [0.25, 0.3) is 0 Å². The third-order valence-electron chi connectivity index (χ3n) is 2.84. The van der Waals surface area contributed by atoms with Crippen LogP contribution in [-0.2, 0) is 16.4 Å². The summed E-state index contributed by atoms with van der Waals surface area (Å²) in [5, 5.41) is 0. The second-order valence-electron chi connectivity index (χ2n) is 4.12. The number of aliphatic imine (C=N–C) groups is 1. The molecule has 1 aliphatic heterocycles. The van der Waals surface area contributed by atoms with Crippen molar-refractivity contribution < 1.29 is 8.42 Å². The summed E-state index contributed by atoms with van der Waals surface area (Å²) in [6, 6.07) is 6.82. The Kier molecular flexibility index (Phi) is 2.83. The number of fused-ring (bicyclic) bond motifs is 1. The van der Waals surface area contributed by atoms with Crippen LogP contribution < -0.4 is 4.72 Å². The largest absolute Gasteiger partial charge is 0.349 e. The van der Waals surface area contributed by atoms with Gasteiger partial charge in [-0.05, 0) is 12.1 Å². The number of nitrogens with one attached hydrogen (secondary N) is 2. The van der Waals surface area contributed by atoms with Gasteiger partial charge in [-0.3, -0.25) is 9.71 Å². The molecule has 1 aromatic carbocycles. The molecule has 0 amide bonds. The molecule has 0 saturated heterocycles. The van der Waals surface area contributed by atoms with E-state index < -0.39 is 10.0 Å². The molecule has 3 rings (SSSR count). The van der Waals surface area contributed by atoms with E-state index in [-0.39, 0.29) is 4.90 Å². The minimum Gasteiger partial charge on any atom is -0.349 e. The average molecular weight is 276 g/mol. The summed E-state index contributed by atoms with van der Waals surface area (Å²) in [5.41, 5.74) is 0.627. The molecule has 2 heterocycles. The monoisotopic (exact) mass is 276 g/mol. The van der Waals surface area contributed by atoms with Crippen molar-refractivity contribution in [3.8, 4) is 0 Å². The van der Waals surface area contributed by atoms with Gasteiger partial charge in [0.25, 0.3) is 10.0 Å². The van der Waals surface area contributed by atoms with Gasteiger partial charge in [-0.15, -0.1) is 0 Å². The molecule has 0 saturated carbocycles. The molecule has 1 aromatic heterocycles. The molecule has 0 atom stereocenters. The van der Waals surface area contributed by atoms with Crippen molar-refractivity contribution in [1.29, 1.82) is 0 Å². The summed E-state index contributed by atoms with van der Waals surface area (Å²) in [5.74, 6) is 1.24. The number of hydrogen-bond acceptors (Lipinski definition) is 4. The minimum atomic E-state index is -3.44. The van der Waals surface area contributed by atoms with Crippen LogP contribution in [0.15, 0.2) is 46.5 Å². The second kappa shape index (κ2) is 4.51. The van der Waals surface area contributed by atoms with Crippen LogP contribution in [0.1, 0.15) is 11.4 Å². The Morgan fingerprint density at radius 1 is 1.26 bits per heavy atom. The van der Waals surface area contributed by atoms with E-state index in [9.17, 15) is 8.42 Å². The van der Waals surface area contributed by atoms with Crippen LogP contribution in [0, 0.1) is 0 Å². The first-order valence-electron chi connectivity index (χ1n) is 5.82. The first-order chi connectivity index (χ1) is 9.17. The van der Waals surface area contributed by atoms with Crippen LogP contribution in [0.4, 0.5) is 0 Å². The van der Waals surface area contributed by atoms with Gasteiger partial charge in [0, 0.05) is 30.9 Å². The average Bonchev–Trinajstić information content (AvgIpc) is 2.98. The summed E-state index contributed by atoms with van der Waals surface area (Å²) >= 11 is 0. The van der Waals surface area contributed by atoms with E-state index in [1.165, 1.54) is 0 Å². The minimum absolute atomic E-state index is 0.284. The van der Waals surface area contributed by atoms with Crippen LogP contribution in [0.2, 0.25) is 0 Å². The summed E-state index contributed by atoms with van der Waals surface area (Å²) < 4.78 is 26.2. The Bertz CT molecular complexity index is 720. The standard InChI is InChI=1S/C12H12N4O2S/c17-19(18)10-4-2-1-3-9(10)12(16-19)15-6-5-11-13-7-8-14-11/h1-4,7-8H,5-6H2,(H,13,14)(H,15,16). The smallest absolute Gasteiger partial charge is 0.263 e. The normalized spacial score (nSPS) is 18.2. The molecule has 6 nitrogen and oxygen atoms in total. The Labute approximate surface area is 110 Å². The predicted octanol–water partition coefficient (Wildman–Crippen LogP) is 0.691. The molecule has 0 fully saturated rings. The van der Waals surface area contributed by atoms with Crippen molar-refractivity contribution in [1.82, 2.24) is 14.7 Å².